The van der Waals surface area contributed by atoms with Crippen LogP contribution in [0.1, 0.15) is 28.8 Å². The Bertz CT molecular complexity index is 728. The summed E-state index contributed by atoms with van der Waals surface area (Å²) in [5, 5.41) is 3.20. The summed E-state index contributed by atoms with van der Waals surface area (Å²) in [6.07, 6.45) is 0. The lowest BCUT2D eigenvalue weighted by atomic mass is 10.2. The van der Waals surface area contributed by atoms with Gasteiger partial charge in [-0.3, -0.25) is 9.79 Å². The van der Waals surface area contributed by atoms with Crippen LogP contribution in [-0.2, 0) is 13.1 Å². The summed E-state index contributed by atoms with van der Waals surface area (Å²) in [7, 11) is 3.66. The summed E-state index contributed by atoms with van der Waals surface area (Å²) in [6.45, 7) is 3.72. The summed E-state index contributed by atoms with van der Waals surface area (Å²) in [5.74, 6) is 1.76. The first-order valence-corrected chi connectivity index (χ1v) is 8.05. The molecule has 1 amide bonds. The van der Waals surface area contributed by atoms with Crippen molar-refractivity contribution >= 4 is 35.8 Å². The van der Waals surface area contributed by atoms with Crippen LogP contribution < -0.4 is 15.8 Å². The molecule has 26 heavy (non-hydrogen) atoms. The first-order chi connectivity index (χ1) is 12.0. The molecule has 2 rings (SSSR count). The van der Waals surface area contributed by atoms with E-state index in [9.17, 15) is 4.79 Å². The molecule has 3 N–H and O–H groups in total. The molecule has 0 aliphatic carbocycles. The van der Waals surface area contributed by atoms with Gasteiger partial charge in [-0.1, -0.05) is 12.1 Å². The Balaban J connectivity index is 0.00000338. The zero-order valence-electron chi connectivity index (χ0n) is 15.2. The largest absolute Gasteiger partial charge is 0.494 e. The molecule has 2 aromatic rings. The minimum atomic E-state index is -0.580. The molecule has 8 heteroatoms. The summed E-state index contributed by atoms with van der Waals surface area (Å²) < 4.78 is 10.8. The number of guanidine groups is 1. The quantitative estimate of drug-likeness (QED) is 0.367. The van der Waals surface area contributed by atoms with Crippen LogP contribution in [0, 0.1) is 0 Å². The van der Waals surface area contributed by atoms with Crippen molar-refractivity contribution < 1.29 is 13.9 Å². The Morgan fingerprint density at radius 1 is 1.27 bits per heavy atom. The lowest BCUT2D eigenvalue weighted by Gasteiger charge is -2.22. The van der Waals surface area contributed by atoms with E-state index in [0.717, 1.165) is 11.3 Å². The number of hydrogen-bond donors (Lipinski definition) is 2. The zero-order valence-corrected chi connectivity index (χ0v) is 17.5. The van der Waals surface area contributed by atoms with Gasteiger partial charge in [-0.15, -0.1) is 24.0 Å². The van der Waals surface area contributed by atoms with E-state index < -0.39 is 5.91 Å². The second kappa shape index (κ2) is 10.7. The minimum absolute atomic E-state index is 0. The van der Waals surface area contributed by atoms with Crippen molar-refractivity contribution in [2.75, 3.05) is 20.7 Å². The Kier molecular flexibility index (Phi) is 8.97. The van der Waals surface area contributed by atoms with Crippen molar-refractivity contribution in [2.45, 2.75) is 20.0 Å². The molecule has 0 aliphatic rings. The molecule has 0 fully saturated rings. The third-order valence-electron chi connectivity index (χ3n) is 3.55. The standard InChI is InChI=1S/C18H24N4O3.HI/c1-4-24-14-7-5-13(6-8-14)12-22(3)18(20-2)21-11-15-9-10-16(25-15)17(19)23;/h5-10H,4,11-12H2,1-3H3,(H2,19,23)(H,20,21);1H. The molecule has 142 valence electrons. The lowest BCUT2D eigenvalue weighted by Crippen LogP contribution is -2.37. The number of nitrogens with two attached hydrogens (primary N) is 1. The first-order valence-electron chi connectivity index (χ1n) is 8.05. The molecular weight excluding hydrogens is 447 g/mol. The van der Waals surface area contributed by atoms with Crippen molar-refractivity contribution in [3.8, 4) is 5.75 Å². The Hall–Kier alpha value is -2.23. The number of aliphatic imine (C=N–C) groups is 1. The minimum Gasteiger partial charge on any atom is -0.494 e. The maximum absolute atomic E-state index is 11.1. The average molecular weight is 472 g/mol. The number of halogens is 1. The van der Waals surface area contributed by atoms with Gasteiger partial charge in [0.25, 0.3) is 5.91 Å². The van der Waals surface area contributed by atoms with Crippen molar-refractivity contribution in [1.82, 2.24) is 10.2 Å². The lowest BCUT2D eigenvalue weighted by molar-refractivity contribution is 0.0972. The predicted molar refractivity (Wildman–Crippen MR) is 112 cm³/mol. The van der Waals surface area contributed by atoms with Crippen LogP contribution in [0.2, 0.25) is 0 Å². The third kappa shape index (κ3) is 6.25. The number of benzene rings is 1. The maximum atomic E-state index is 11.1. The van der Waals surface area contributed by atoms with Crippen molar-refractivity contribution in [3.63, 3.8) is 0 Å². The number of hydrogen-bond acceptors (Lipinski definition) is 4. The highest BCUT2D eigenvalue weighted by Crippen LogP contribution is 2.13. The van der Waals surface area contributed by atoms with Crippen LogP contribution >= 0.6 is 24.0 Å². The van der Waals surface area contributed by atoms with E-state index in [1.54, 1.807) is 19.2 Å². The van der Waals surface area contributed by atoms with E-state index in [1.165, 1.54) is 0 Å². The van der Waals surface area contributed by atoms with Crippen molar-refractivity contribution in [2.24, 2.45) is 10.7 Å². The fourth-order valence-corrected chi connectivity index (χ4v) is 2.36. The topological polar surface area (TPSA) is 93.1 Å². The number of amides is 1. The van der Waals surface area contributed by atoms with Gasteiger partial charge >= 0.3 is 0 Å². The van der Waals surface area contributed by atoms with E-state index in [-0.39, 0.29) is 29.7 Å². The summed E-state index contributed by atoms with van der Waals surface area (Å²) >= 11 is 0. The maximum Gasteiger partial charge on any atom is 0.284 e. The molecule has 0 bridgehead atoms. The van der Waals surface area contributed by atoms with Crippen LogP contribution in [0.15, 0.2) is 45.8 Å². The third-order valence-corrected chi connectivity index (χ3v) is 3.55. The normalized spacial score (nSPS) is 10.8. The number of rotatable bonds is 7. The molecule has 1 aromatic heterocycles. The van der Waals surface area contributed by atoms with Gasteiger partial charge in [-0.25, -0.2) is 0 Å². The monoisotopic (exact) mass is 472 g/mol. The van der Waals surface area contributed by atoms with Gasteiger partial charge in [0.15, 0.2) is 11.7 Å². The number of nitrogens with zero attached hydrogens (tertiary/aromatic N) is 2. The average Bonchev–Trinajstić information content (AvgIpc) is 3.07. The van der Waals surface area contributed by atoms with Gasteiger partial charge < -0.3 is 25.1 Å². The SMILES string of the molecule is CCOc1ccc(CN(C)C(=NC)NCc2ccc(C(N)=O)o2)cc1.I. The van der Waals surface area contributed by atoms with Gasteiger partial charge in [0, 0.05) is 20.6 Å². The van der Waals surface area contributed by atoms with E-state index in [0.29, 0.717) is 31.4 Å². The van der Waals surface area contributed by atoms with Crippen molar-refractivity contribution in [1.29, 1.82) is 0 Å². The number of carbonyl (C=O) groups excluding carboxylic acids is 1. The van der Waals surface area contributed by atoms with Gasteiger partial charge in [-0.05, 0) is 36.8 Å². The van der Waals surface area contributed by atoms with Crippen LogP contribution in [0.3, 0.4) is 0 Å². The molecule has 7 nitrogen and oxygen atoms in total. The van der Waals surface area contributed by atoms with Gasteiger partial charge in [0.1, 0.15) is 11.5 Å². The molecule has 0 spiro atoms. The molecule has 0 saturated carbocycles. The van der Waals surface area contributed by atoms with E-state index in [4.69, 9.17) is 14.9 Å². The molecule has 1 heterocycles. The fraction of sp³-hybridized carbons (Fsp3) is 0.333. The number of carbonyl (C=O) groups is 1. The Labute approximate surface area is 170 Å². The summed E-state index contributed by atoms with van der Waals surface area (Å²) in [4.78, 5) is 17.3. The van der Waals surface area contributed by atoms with E-state index >= 15 is 0 Å². The van der Waals surface area contributed by atoms with Crippen LogP contribution in [0.5, 0.6) is 5.75 Å². The van der Waals surface area contributed by atoms with Crippen LogP contribution in [0.25, 0.3) is 0 Å². The summed E-state index contributed by atoms with van der Waals surface area (Å²) in [6, 6.07) is 11.2. The van der Waals surface area contributed by atoms with Crippen LogP contribution in [-0.4, -0.2) is 37.5 Å². The highest BCUT2D eigenvalue weighted by Gasteiger charge is 2.10. The van der Waals surface area contributed by atoms with Crippen molar-refractivity contribution in [3.05, 3.63) is 53.5 Å². The number of nitrogens with one attached hydrogen (secondary N) is 1. The highest BCUT2D eigenvalue weighted by molar-refractivity contribution is 14.0. The van der Waals surface area contributed by atoms with Gasteiger partial charge in [0.2, 0.25) is 0 Å². The Morgan fingerprint density at radius 3 is 2.50 bits per heavy atom. The number of furan rings is 1. The van der Waals surface area contributed by atoms with Gasteiger partial charge in [-0.2, -0.15) is 0 Å². The Morgan fingerprint density at radius 2 is 1.96 bits per heavy atom. The summed E-state index contributed by atoms with van der Waals surface area (Å²) in [5.41, 5.74) is 6.32. The highest BCUT2D eigenvalue weighted by atomic mass is 127. The molecule has 0 aliphatic heterocycles. The van der Waals surface area contributed by atoms with E-state index in [1.807, 2.05) is 43.1 Å². The molecule has 0 radical (unpaired) electrons. The molecule has 1 aromatic carbocycles. The smallest absolute Gasteiger partial charge is 0.284 e. The second-order valence-electron chi connectivity index (χ2n) is 5.46. The number of primary amides is 1. The molecule has 0 atom stereocenters. The van der Waals surface area contributed by atoms with E-state index in [2.05, 4.69) is 10.3 Å². The van der Waals surface area contributed by atoms with Crippen LogP contribution in [0.4, 0.5) is 0 Å². The molecule has 0 saturated heterocycles. The second-order valence-corrected chi connectivity index (χ2v) is 5.46. The first kappa shape index (κ1) is 21.8. The zero-order chi connectivity index (χ0) is 18.2. The predicted octanol–water partition coefficient (Wildman–Crippen LogP) is 2.60. The number of ether oxygens (including phenoxy) is 1. The van der Waals surface area contributed by atoms with Gasteiger partial charge in [0.05, 0.1) is 13.2 Å². The fourth-order valence-electron chi connectivity index (χ4n) is 2.36. The molecular formula is C18H25IN4O3. The molecule has 0 unspecified atom stereocenters.